The summed E-state index contributed by atoms with van der Waals surface area (Å²) >= 11 is 0. The van der Waals surface area contributed by atoms with Gasteiger partial charge in [-0.25, -0.2) is 9.97 Å². The Hall–Kier alpha value is -1.32. The molecule has 0 atom stereocenters. The highest BCUT2D eigenvalue weighted by atomic mass is 15.1. The van der Waals surface area contributed by atoms with E-state index in [4.69, 9.17) is 0 Å². The lowest BCUT2D eigenvalue weighted by Gasteiger charge is -2.15. The fraction of sp³-hybridized carbons (Fsp3) is 0.750. The summed E-state index contributed by atoms with van der Waals surface area (Å²) in [5, 5.41) is 6.89. The van der Waals surface area contributed by atoms with Gasteiger partial charge >= 0.3 is 0 Å². The second kappa shape index (κ2) is 7.46. The number of rotatable bonds is 7. The molecular formula is C16H28N4. The summed E-state index contributed by atoms with van der Waals surface area (Å²) in [6, 6.07) is 0. The Morgan fingerprint density at radius 3 is 2.20 bits per heavy atom. The van der Waals surface area contributed by atoms with E-state index in [0.717, 1.165) is 48.5 Å². The van der Waals surface area contributed by atoms with Gasteiger partial charge in [0.15, 0.2) is 0 Å². The number of hydrogen-bond acceptors (Lipinski definition) is 4. The maximum absolute atomic E-state index is 4.54. The SMILES string of the molecule is CCCNc1nc(C)nc(NCCC2CCCC2)c1C. The van der Waals surface area contributed by atoms with Gasteiger partial charge in [-0.2, -0.15) is 0 Å². The highest BCUT2D eigenvalue weighted by Crippen LogP contribution is 2.27. The standard InChI is InChI=1S/C16H28N4/c1-4-10-17-15-12(2)16(20-13(3)19-15)18-11-9-14-7-5-6-8-14/h14H,4-11H2,1-3H3,(H2,17,18,19,20). The molecule has 1 fully saturated rings. The summed E-state index contributed by atoms with van der Waals surface area (Å²) in [4.78, 5) is 9.04. The van der Waals surface area contributed by atoms with Gasteiger partial charge in [-0.3, -0.25) is 0 Å². The van der Waals surface area contributed by atoms with E-state index in [9.17, 15) is 0 Å². The van der Waals surface area contributed by atoms with Crippen LogP contribution in [0.25, 0.3) is 0 Å². The van der Waals surface area contributed by atoms with E-state index >= 15 is 0 Å². The minimum Gasteiger partial charge on any atom is -0.370 e. The molecule has 112 valence electrons. The Balaban J connectivity index is 1.93. The van der Waals surface area contributed by atoms with Gasteiger partial charge in [0.2, 0.25) is 0 Å². The van der Waals surface area contributed by atoms with Crippen molar-refractivity contribution in [2.75, 3.05) is 23.7 Å². The Morgan fingerprint density at radius 2 is 1.60 bits per heavy atom. The first kappa shape index (κ1) is 15.1. The Morgan fingerprint density at radius 1 is 1.00 bits per heavy atom. The van der Waals surface area contributed by atoms with Crippen LogP contribution in [0.5, 0.6) is 0 Å². The van der Waals surface area contributed by atoms with Gasteiger partial charge in [-0.1, -0.05) is 32.6 Å². The van der Waals surface area contributed by atoms with E-state index in [-0.39, 0.29) is 0 Å². The molecule has 0 amide bonds. The number of anilines is 2. The summed E-state index contributed by atoms with van der Waals surface area (Å²) in [6.07, 6.45) is 8.02. The van der Waals surface area contributed by atoms with Crippen LogP contribution in [0.3, 0.4) is 0 Å². The number of aromatic nitrogens is 2. The van der Waals surface area contributed by atoms with Crippen LogP contribution in [0.15, 0.2) is 0 Å². The number of hydrogen-bond donors (Lipinski definition) is 2. The monoisotopic (exact) mass is 276 g/mol. The molecule has 0 bridgehead atoms. The first-order valence-corrected chi connectivity index (χ1v) is 8.03. The predicted octanol–water partition coefficient (Wildman–Crippen LogP) is 3.91. The van der Waals surface area contributed by atoms with Gasteiger partial charge in [0.1, 0.15) is 17.5 Å². The van der Waals surface area contributed by atoms with Crippen LogP contribution >= 0.6 is 0 Å². The molecule has 0 aromatic carbocycles. The summed E-state index contributed by atoms with van der Waals surface area (Å²) in [5.41, 5.74) is 1.13. The lowest BCUT2D eigenvalue weighted by Crippen LogP contribution is -2.12. The van der Waals surface area contributed by atoms with E-state index in [0.29, 0.717) is 0 Å². The second-order valence-corrected chi connectivity index (χ2v) is 5.89. The van der Waals surface area contributed by atoms with E-state index in [1.165, 1.54) is 32.1 Å². The van der Waals surface area contributed by atoms with Gasteiger partial charge in [-0.15, -0.1) is 0 Å². The predicted molar refractivity (Wildman–Crippen MR) is 85.4 cm³/mol. The summed E-state index contributed by atoms with van der Waals surface area (Å²) in [7, 11) is 0. The van der Waals surface area contributed by atoms with Crippen molar-refractivity contribution in [3.05, 3.63) is 11.4 Å². The first-order valence-electron chi connectivity index (χ1n) is 8.03. The maximum Gasteiger partial charge on any atom is 0.134 e. The van der Waals surface area contributed by atoms with E-state index in [2.05, 4.69) is 34.4 Å². The van der Waals surface area contributed by atoms with Crippen LogP contribution in [-0.2, 0) is 0 Å². The molecule has 1 aliphatic carbocycles. The van der Waals surface area contributed by atoms with Crippen LogP contribution in [0, 0.1) is 19.8 Å². The molecule has 1 heterocycles. The van der Waals surface area contributed by atoms with Crippen molar-refractivity contribution in [1.29, 1.82) is 0 Å². The molecule has 1 aromatic rings. The fourth-order valence-electron chi connectivity index (χ4n) is 2.91. The van der Waals surface area contributed by atoms with Crippen LogP contribution in [-0.4, -0.2) is 23.1 Å². The molecular weight excluding hydrogens is 248 g/mol. The van der Waals surface area contributed by atoms with Crippen molar-refractivity contribution in [2.24, 2.45) is 5.92 Å². The van der Waals surface area contributed by atoms with Crippen molar-refractivity contribution in [1.82, 2.24) is 9.97 Å². The average Bonchev–Trinajstić information content (AvgIpc) is 2.94. The molecule has 0 spiro atoms. The average molecular weight is 276 g/mol. The topological polar surface area (TPSA) is 49.8 Å². The fourth-order valence-corrected chi connectivity index (χ4v) is 2.91. The van der Waals surface area contributed by atoms with Crippen molar-refractivity contribution < 1.29 is 0 Å². The Labute approximate surface area is 122 Å². The van der Waals surface area contributed by atoms with Gasteiger partial charge in [-0.05, 0) is 32.6 Å². The Kier molecular flexibility index (Phi) is 5.62. The molecule has 2 rings (SSSR count). The van der Waals surface area contributed by atoms with Crippen molar-refractivity contribution in [3.8, 4) is 0 Å². The normalized spacial score (nSPS) is 15.6. The lowest BCUT2D eigenvalue weighted by molar-refractivity contribution is 0.518. The molecule has 0 unspecified atom stereocenters. The highest BCUT2D eigenvalue weighted by Gasteiger charge is 2.15. The number of aryl methyl sites for hydroxylation is 1. The largest absolute Gasteiger partial charge is 0.370 e. The van der Waals surface area contributed by atoms with E-state index in [1.54, 1.807) is 0 Å². The zero-order chi connectivity index (χ0) is 14.4. The maximum atomic E-state index is 4.54. The summed E-state index contributed by atoms with van der Waals surface area (Å²) in [6.45, 7) is 8.19. The van der Waals surface area contributed by atoms with Crippen LogP contribution in [0.2, 0.25) is 0 Å². The Bertz CT molecular complexity index is 425. The molecule has 1 aliphatic rings. The van der Waals surface area contributed by atoms with Gasteiger partial charge in [0, 0.05) is 18.7 Å². The molecule has 4 heteroatoms. The summed E-state index contributed by atoms with van der Waals surface area (Å²) in [5.74, 6) is 3.72. The first-order chi connectivity index (χ1) is 9.70. The van der Waals surface area contributed by atoms with Crippen molar-refractivity contribution in [2.45, 2.75) is 59.3 Å². The van der Waals surface area contributed by atoms with Crippen molar-refractivity contribution >= 4 is 11.6 Å². The molecule has 20 heavy (non-hydrogen) atoms. The van der Waals surface area contributed by atoms with Crippen LogP contribution in [0.1, 0.15) is 56.8 Å². The molecule has 1 saturated carbocycles. The third-order valence-corrected chi connectivity index (χ3v) is 4.12. The number of nitrogens with zero attached hydrogens (tertiary/aromatic N) is 2. The molecule has 0 saturated heterocycles. The van der Waals surface area contributed by atoms with E-state index < -0.39 is 0 Å². The van der Waals surface area contributed by atoms with Gasteiger partial charge in [0.05, 0.1) is 0 Å². The highest BCUT2D eigenvalue weighted by molar-refractivity contribution is 5.57. The molecule has 2 N–H and O–H groups in total. The lowest BCUT2D eigenvalue weighted by atomic mass is 10.0. The van der Waals surface area contributed by atoms with Crippen molar-refractivity contribution in [3.63, 3.8) is 0 Å². The van der Waals surface area contributed by atoms with Gasteiger partial charge in [0.25, 0.3) is 0 Å². The molecule has 4 nitrogen and oxygen atoms in total. The van der Waals surface area contributed by atoms with Crippen LogP contribution < -0.4 is 10.6 Å². The molecule has 0 radical (unpaired) electrons. The smallest absolute Gasteiger partial charge is 0.134 e. The zero-order valence-corrected chi connectivity index (χ0v) is 13.1. The quantitative estimate of drug-likeness (QED) is 0.793. The van der Waals surface area contributed by atoms with Gasteiger partial charge < -0.3 is 10.6 Å². The second-order valence-electron chi connectivity index (χ2n) is 5.89. The van der Waals surface area contributed by atoms with E-state index in [1.807, 2.05) is 6.92 Å². The third kappa shape index (κ3) is 4.09. The molecule has 0 aliphatic heterocycles. The third-order valence-electron chi connectivity index (χ3n) is 4.12. The summed E-state index contributed by atoms with van der Waals surface area (Å²) < 4.78 is 0. The zero-order valence-electron chi connectivity index (χ0n) is 13.1. The number of nitrogens with one attached hydrogen (secondary N) is 2. The minimum absolute atomic E-state index is 0.831. The van der Waals surface area contributed by atoms with Crippen LogP contribution in [0.4, 0.5) is 11.6 Å². The molecule has 1 aromatic heterocycles. The minimum atomic E-state index is 0.831.